The highest BCUT2D eigenvalue weighted by atomic mass is 127. The van der Waals surface area contributed by atoms with Gasteiger partial charge in [0.15, 0.2) is 17.5 Å². The number of aliphatic hydroxyl groups is 1. The average molecular weight is 591 g/mol. The van der Waals surface area contributed by atoms with Gasteiger partial charge in [0.05, 0.1) is 42.5 Å². The number of carbonyl (C=O) groups excluding carboxylic acids is 1. The zero-order valence-corrected chi connectivity index (χ0v) is 19.7. The van der Waals surface area contributed by atoms with E-state index in [1.165, 1.54) is 10.1 Å². The fourth-order valence-electron chi connectivity index (χ4n) is 2.29. The van der Waals surface area contributed by atoms with Crippen molar-refractivity contribution in [1.29, 1.82) is 0 Å². The molecule has 1 aromatic rings. The molecule has 0 fully saturated rings. The Morgan fingerprint density at radius 1 is 1.19 bits per heavy atom. The van der Waals surface area contributed by atoms with Crippen molar-refractivity contribution in [2.24, 2.45) is 0 Å². The lowest BCUT2D eigenvalue weighted by molar-refractivity contribution is 0.0168. The van der Waals surface area contributed by atoms with Crippen LogP contribution in [0.2, 0.25) is 0 Å². The summed E-state index contributed by atoms with van der Waals surface area (Å²) in [4.78, 5) is 22.1. The number of rotatable bonds is 12. The molecule has 1 heterocycles. The Morgan fingerprint density at radius 3 is 2.59 bits per heavy atom. The van der Waals surface area contributed by atoms with Crippen LogP contribution in [0.3, 0.4) is 0 Å². The van der Waals surface area contributed by atoms with E-state index < -0.39 is 78.3 Å². The summed E-state index contributed by atoms with van der Waals surface area (Å²) < 4.78 is 68.7. The minimum Gasteiger partial charge on any atom is -0.394 e. The van der Waals surface area contributed by atoms with Crippen molar-refractivity contribution in [3.8, 4) is 0 Å². The molecule has 0 aliphatic carbocycles. The van der Waals surface area contributed by atoms with Crippen LogP contribution >= 0.6 is 20.7 Å². The van der Waals surface area contributed by atoms with Crippen molar-refractivity contribution in [2.45, 2.75) is 6.54 Å². The number of benzene rings is 1. The number of allylic oxidation sites excluding steroid dienone is 2. The van der Waals surface area contributed by atoms with Gasteiger partial charge in [0.1, 0.15) is 9.84 Å². The predicted octanol–water partition coefficient (Wildman–Crippen LogP) is 1.58. The maximum Gasteiger partial charge on any atom is 0.277 e. The molecule has 0 saturated carbocycles. The summed E-state index contributed by atoms with van der Waals surface area (Å²) in [5, 5.41) is 11.2. The molecule has 0 bridgehead atoms. The monoisotopic (exact) mass is 591 g/mol. The van der Waals surface area contributed by atoms with Crippen molar-refractivity contribution in [1.82, 2.24) is 11.0 Å². The third-order valence-corrected chi connectivity index (χ3v) is 6.37. The first-order valence-corrected chi connectivity index (χ1v) is 13.5. The van der Waals surface area contributed by atoms with Gasteiger partial charge in [-0.1, -0.05) is 20.7 Å². The number of carbonyl (C=O) groups is 1. The zero-order valence-electron chi connectivity index (χ0n) is 16.8. The van der Waals surface area contributed by atoms with E-state index >= 15 is 0 Å². The third kappa shape index (κ3) is 7.93. The van der Waals surface area contributed by atoms with E-state index in [4.69, 9.17) is 14.8 Å². The van der Waals surface area contributed by atoms with Crippen LogP contribution in [0.25, 0.3) is 0 Å². The van der Waals surface area contributed by atoms with Crippen molar-refractivity contribution < 1.29 is 41.2 Å². The van der Waals surface area contributed by atoms with E-state index in [9.17, 15) is 26.4 Å². The standard InChI is InChI=1S/C18H21F3IN3O6S/c1-32(28,29)7-6-30-23-10-11-8-12(18(27)25-31-5-4-26)17(16(21)15(11)20)24-14-2-3-22-9-13(14)19/h2-3,8-9,23-24,26H,4-7,10H2,1H3,(H,25,27). The largest absolute Gasteiger partial charge is 0.394 e. The second kappa shape index (κ2) is 12.4. The summed E-state index contributed by atoms with van der Waals surface area (Å²) in [5.41, 5.74) is 2.81. The summed E-state index contributed by atoms with van der Waals surface area (Å²) in [7, 11) is -3.27. The summed E-state index contributed by atoms with van der Waals surface area (Å²) in [6.07, 6.45) is 2.38. The lowest BCUT2D eigenvalue weighted by atomic mass is 10.1. The molecule has 4 N–H and O–H groups in total. The summed E-state index contributed by atoms with van der Waals surface area (Å²) in [6.45, 7) is -1.28. The van der Waals surface area contributed by atoms with Crippen LogP contribution in [0, 0.1) is 11.6 Å². The molecule has 1 aromatic carbocycles. The Hall–Kier alpha value is -1.85. The highest BCUT2D eigenvalue weighted by Crippen LogP contribution is 2.29. The number of anilines is 1. The maximum absolute atomic E-state index is 14.9. The van der Waals surface area contributed by atoms with Gasteiger partial charge >= 0.3 is 0 Å². The molecule has 0 aromatic heterocycles. The zero-order chi connectivity index (χ0) is 23.7. The molecule has 1 aliphatic rings. The molecule has 0 atom stereocenters. The van der Waals surface area contributed by atoms with Crippen molar-refractivity contribution in [3.05, 3.63) is 50.5 Å². The quantitative estimate of drug-likeness (QED) is 0.164. The molecule has 14 heteroatoms. The van der Waals surface area contributed by atoms with Crippen LogP contribution in [0.15, 0.2) is 27.7 Å². The molecule has 9 nitrogen and oxygen atoms in total. The van der Waals surface area contributed by atoms with E-state index in [0.29, 0.717) is 0 Å². The smallest absolute Gasteiger partial charge is 0.277 e. The van der Waals surface area contributed by atoms with Crippen molar-refractivity contribution >= 4 is 46.2 Å². The number of hydrogen-bond donors (Lipinski definition) is 4. The van der Waals surface area contributed by atoms with E-state index in [2.05, 4.69) is 10.8 Å². The average Bonchev–Trinajstić information content (AvgIpc) is 2.73. The van der Waals surface area contributed by atoms with Crippen LogP contribution in [0.4, 0.5) is 18.9 Å². The summed E-state index contributed by atoms with van der Waals surface area (Å²) in [5.74, 6) is -4.69. The molecule has 1 amide bonds. The number of amides is 1. The minimum absolute atomic E-state index is 0.144. The van der Waals surface area contributed by atoms with Crippen LogP contribution in [-0.2, 0) is 26.1 Å². The van der Waals surface area contributed by atoms with E-state index in [0.717, 1.165) is 12.3 Å². The molecule has 2 rings (SSSR count). The highest BCUT2D eigenvalue weighted by Gasteiger charge is 2.24. The Bertz CT molecular complexity index is 1050. The fourth-order valence-corrected chi connectivity index (χ4v) is 4.10. The normalized spacial score (nSPS) is 13.8. The Balaban J connectivity index is 2.29. The number of hydrogen-bond acceptors (Lipinski definition) is 8. The summed E-state index contributed by atoms with van der Waals surface area (Å²) in [6, 6.07) is 1.01. The molecule has 1 aliphatic heterocycles. The molecule has 0 unspecified atom stereocenters. The SMILES string of the molecule is CS(=O)(=O)CCONCc1cc(C(=O)NOCCO)c(NC2=C(F)C=IC=C2)c(F)c1F. The highest BCUT2D eigenvalue weighted by molar-refractivity contribution is 14.2. The molecular weight excluding hydrogens is 570 g/mol. The Kier molecular flexibility index (Phi) is 10.2. The number of aliphatic hydroxyl groups excluding tert-OH is 1. The van der Waals surface area contributed by atoms with Crippen LogP contribution in [0.5, 0.6) is 0 Å². The van der Waals surface area contributed by atoms with E-state index in [1.807, 2.05) is 5.48 Å². The van der Waals surface area contributed by atoms with Crippen LogP contribution < -0.4 is 16.3 Å². The van der Waals surface area contributed by atoms with Gasteiger partial charge in [0.2, 0.25) is 0 Å². The van der Waals surface area contributed by atoms with Crippen molar-refractivity contribution in [2.75, 3.05) is 37.1 Å². The topological polar surface area (TPSA) is 126 Å². The van der Waals surface area contributed by atoms with Crippen LogP contribution in [-0.4, -0.2) is 55.3 Å². The lowest BCUT2D eigenvalue weighted by Gasteiger charge is -2.17. The van der Waals surface area contributed by atoms with Gasteiger partial charge in [0.25, 0.3) is 5.91 Å². The second-order valence-electron chi connectivity index (χ2n) is 6.30. The lowest BCUT2D eigenvalue weighted by Crippen LogP contribution is -2.27. The van der Waals surface area contributed by atoms with Crippen LogP contribution in [0.1, 0.15) is 15.9 Å². The second-order valence-corrected chi connectivity index (χ2v) is 10.6. The van der Waals surface area contributed by atoms with Gasteiger partial charge in [-0.3, -0.25) is 9.63 Å². The number of sulfone groups is 1. The number of nitrogens with one attached hydrogen (secondary N) is 3. The van der Waals surface area contributed by atoms with Gasteiger partial charge in [-0.25, -0.2) is 27.1 Å². The van der Waals surface area contributed by atoms with E-state index in [-0.39, 0.29) is 30.2 Å². The predicted molar refractivity (Wildman–Crippen MR) is 120 cm³/mol. The Morgan fingerprint density at radius 2 is 1.94 bits per heavy atom. The van der Waals surface area contributed by atoms with Gasteiger partial charge in [-0.2, -0.15) is 5.48 Å². The number of hydroxylamine groups is 2. The molecular formula is C18H21F3IN3O6S. The van der Waals surface area contributed by atoms with Gasteiger partial charge in [-0.15, -0.1) is 0 Å². The molecule has 32 heavy (non-hydrogen) atoms. The first kappa shape index (κ1) is 26.4. The van der Waals surface area contributed by atoms with E-state index in [1.54, 1.807) is 4.08 Å². The number of halogens is 4. The molecule has 0 spiro atoms. The Labute approximate surface area is 192 Å². The third-order valence-electron chi connectivity index (χ3n) is 3.78. The summed E-state index contributed by atoms with van der Waals surface area (Å²) >= 11 is -0.627. The minimum atomic E-state index is -3.27. The first-order chi connectivity index (χ1) is 15.1. The maximum atomic E-state index is 14.9. The molecule has 178 valence electrons. The van der Waals surface area contributed by atoms with Gasteiger partial charge in [0, 0.05) is 22.4 Å². The van der Waals surface area contributed by atoms with Gasteiger partial charge in [-0.05, 0) is 16.2 Å². The molecule has 0 radical (unpaired) electrons. The first-order valence-electron chi connectivity index (χ1n) is 8.98. The van der Waals surface area contributed by atoms with Gasteiger partial charge < -0.3 is 15.3 Å². The fraction of sp³-hybridized carbons (Fsp3) is 0.333. The molecule has 0 saturated heterocycles. The van der Waals surface area contributed by atoms with Crippen molar-refractivity contribution in [3.63, 3.8) is 0 Å².